The molecule has 0 saturated carbocycles. The number of pyridine rings is 1. The van der Waals surface area contributed by atoms with Gasteiger partial charge in [0, 0.05) is 43.7 Å². The van der Waals surface area contributed by atoms with Gasteiger partial charge in [-0.3, -0.25) is 9.69 Å². The van der Waals surface area contributed by atoms with Crippen molar-refractivity contribution in [2.75, 3.05) is 40.1 Å². The molecule has 7 nitrogen and oxygen atoms in total. The van der Waals surface area contributed by atoms with Crippen molar-refractivity contribution in [3.8, 4) is 28.5 Å². The first-order chi connectivity index (χ1) is 18.1. The highest BCUT2D eigenvalue weighted by Gasteiger charge is 2.27. The maximum Gasteiger partial charge on any atom is 0.254 e. The van der Waals surface area contributed by atoms with E-state index in [9.17, 15) is 4.79 Å². The normalized spacial score (nSPS) is 15.2. The number of fused-ring (bicyclic) bond motifs is 2. The second-order valence-electron chi connectivity index (χ2n) is 9.46. The zero-order chi connectivity index (χ0) is 25.4. The van der Waals surface area contributed by atoms with Gasteiger partial charge in [-0.05, 0) is 60.5 Å². The van der Waals surface area contributed by atoms with E-state index >= 15 is 0 Å². The molecule has 4 aromatic rings. The second-order valence-corrected chi connectivity index (χ2v) is 9.46. The zero-order valence-electron chi connectivity index (χ0n) is 21.1. The summed E-state index contributed by atoms with van der Waals surface area (Å²) < 4.78 is 16.3. The average Bonchev–Trinajstić information content (AvgIpc) is 3.41. The summed E-state index contributed by atoms with van der Waals surface area (Å²) in [6.45, 7) is 6.08. The van der Waals surface area contributed by atoms with E-state index in [1.807, 2.05) is 72.5 Å². The van der Waals surface area contributed by atoms with E-state index in [-0.39, 0.29) is 12.7 Å². The summed E-state index contributed by atoms with van der Waals surface area (Å²) in [4.78, 5) is 23.2. The maximum atomic E-state index is 13.9. The van der Waals surface area contributed by atoms with Crippen molar-refractivity contribution in [1.82, 2.24) is 14.8 Å². The largest absolute Gasteiger partial charge is 0.497 e. The first kappa shape index (κ1) is 23.3. The van der Waals surface area contributed by atoms with Gasteiger partial charge >= 0.3 is 0 Å². The molecule has 37 heavy (non-hydrogen) atoms. The number of carbonyl (C=O) groups excluding carboxylic acids is 1. The lowest BCUT2D eigenvalue weighted by Crippen LogP contribution is -2.48. The summed E-state index contributed by atoms with van der Waals surface area (Å²) in [6, 6.07) is 21.8. The average molecular weight is 496 g/mol. The molecule has 2 aliphatic heterocycles. The number of amides is 1. The molecule has 0 unspecified atom stereocenters. The number of hydrogen-bond donors (Lipinski definition) is 0. The Morgan fingerprint density at radius 2 is 1.70 bits per heavy atom. The van der Waals surface area contributed by atoms with Gasteiger partial charge in [0.25, 0.3) is 5.91 Å². The van der Waals surface area contributed by atoms with Crippen LogP contribution in [-0.4, -0.2) is 60.8 Å². The van der Waals surface area contributed by atoms with E-state index in [4.69, 9.17) is 19.2 Å². The van der Waals surface area contributed by atoms with E-state index in [1.54, 1.807) is 7.11 Å². The Morgan fingerprint density at radius 3 is 2.49 bits per heavy atom. The third-order valence-corrected chi connectivity index (χ3v) is 7.22. The minimum Gasteiger partial charge on any atom is -0.497 e. The van der Waals surface area contributed by atoms with Crippen molar-refractivity contribution in [2.24, 2.45) is 0 Å². The van der Waals surface area contributed by atoms with Crippen LogP contribution in [-0.2, 0) is 6.54 Å². The lowest BCUT2D eigenvalue weighted by atomic mass is 9.96. The standard InChI is InChI=1S/C30H29N3O4/c1-20-28(24-5-3-4-6-25(24)31-29(20)22-8-10-23(35-2)11-9-22)30(34)33-15-13-32(14-16-33)18-21-7-12-26-27(17-21)37-19-36-26/h3-12,17H,13-16,18-19H2,1-2H3. The Morgan fingerprint density at radius 1 is 0.946 bits per heavy atom. The zero-order valence-corrected chi connectivity index (χ0v) is 21.1. The quantitative estimate of drug-likeness (QED) is 0.392. The molecule has 3 heterocycles. The Balaban J connectivity index is 1.24. The molecule has 3 aromatic carbocycles. The fraction of sp³-hybridized carbons (Fsp3) is 0.267. The molecule has 0 atom stereocenters. The third kappa shape index (κ3) is 4.47. The number of aromatic nitrogens is 1. The van der Waals surface area contributed by atoms with E-state index in [1.165, 1.54) is 5.56 Å². The Kier molecular flexibility index (Phi) is 6.14. The predicted molar refractivity (Wildman–Crippen MR) is 142 cm³/mol. The molecule has 1 amide bonds. The van der Waals surface area contributed by atoms with E-state index < -0.39 is 0 Å². The van der Waals surface area contributed by atoms with Crippen molar-refractivity contribution in [3.05, 3.63) is 83.4 Å². The van der Waals surface area contributed by atoms with Crippen molar-refractivity contribution in [1.29, 1.82) is 0 Å². The molecule has 0 N–H and O–H groups in total. The van der Waals surface area contributed by atoms with Gasteiger partial charge in [0.15, 0.2) is 11.5 Å². The predicted octanol–water partition coefficient (Wildman–Crippen LogP) is 4.91. The number of nitrogens with zero attached hydrogens (tertiary/aromatic N) is 3. The molecule has 0 radical (unpaired) electrons. The number of benzene rings is 3. The molecule has 0 bridgehead atoms. The highest BCUT2D eigenvalue weighted by Crippen LogP contribution is 2.34. The van der Waals surface area contributed by atoms with Crippen molar-refractivity contribution in [3.63, 3.8) is 0 Å². The highest BCUT2D eigenvalue weighted by molar-refractivity contribution is 6.09. The SMILES string of the molecule is COc1ccc(-c2nc3ccccc3c(C(=O)N3CCN(Cc4ccc5c(c4)OCO5)CC3)c2C)cc1. The van der Waals surface area contributed by atoms with Crippen molar-refractivity contribution in [2.45, 2.75) is 13.5 Å². The molecule has 0 aliphatic carbocycles. The molecule has 1 saturated heterocycles. The summed E-state index contributed by atoms with van der Waals surface area (Å²) >= 11 is 0. The van der Waals surface area contributed by atoms with Crippen LogP contribution in [0.25, 0.3) is 22.2 Å². The number of rotatable bonds is 5. The van der Waals surface area contributed by atoms with Gasteiger partial charge < -0.3 is 19.1 Å². The molecular formula is C30H29N3O4. The number of hydrogen-bond acceptors (Lipinski definition) is 6. The van der Waals surface area contributed by atoms with Crippen molar-refractivity contribution < 1.29 is 19.0 Å². The summed E-state index contributed by atoms with van der Waals surface area (Å²) in [6.07, 6.45) is 0. The monoisotopic (exact) mass is 495 g/mol. The van der Waals surface area contributed by atoms with Crippen LogP contribution in [0, 0.1) is 6.92 Å². The first-order valence-corrected chi connectivity index (χ1v) is 12.5. The molecular weight excluding hydrogens is 466 g/mol. The molecule has 1 aromatic heterocycles. The van der Waals surface area contributed by atoms with Crippen LogP contribution in [0.1, 0.15) is 21.5 Å². The van der Waals surface area contributed by atoms with Gasteiger partial charge in [0.2, 0.25) is 6.79 Å². The number of methoxy groups -OCH3 is 1. The molecule has 1 fully saturated rings. The highest BCUT2D eigenvalue weighted by atomic mass is 16.7. The molecule has 2 aliphatic rings. The van der Waals surface area contributed by atoms with Crippen LogP contribution in [0.5, 0.6) is 17.2 Å². The summed E-state index contributed by atoms with van der Waals surface area (Å²) in [7, 11) is 1.65. The van der Waals surface area contributed by atoms with Gasteiger partial charge in [-0.15, -0.1) is 0 Å². The van der Waals surface area contributed by atoms with Gasteiger partial charge in [-0.25, -0.2) is 4.98 Å². The number of ether oxygens (including phenoxy) is 3. The summed E-state index contributed by atoms with van der Waals surface area (Å²) in [5.74, 6) is 2.46. The van der Waals surface area contributed by atoms with Gasteiger partial charge in [0.05, 0.1) is 23.9 Å². The molecule has 188 valence electrons. The number of para-hydroxylation sites is 1. The molecule has 6 rings (SSSR count). The second kappa shape index (κ2) is 9.75. The van der Waals surface area contributed by atoms with Crippen LogP contribution in [0.3, 0.4) is 0 Å². The Hall–Kier alpha value is -4.10. The van der Waals surface area contributed by atoms with E-state index in [0.717, 1.165) is 70.2 Å². The van der Waals surface area contributed by atoms with Crippen LogP contribution >= 0.6 is 0 Å². The Bertz CT molecular complexity index is 1460. The fourth-order valence-corrected chi connectivity index (χ4v) is 5.18. The van der Waals surface area contributed by atoms with Crippen LogP contribution < -0.4 is 14.2 Å². The number of piperazine rings is 1. The van der Waals surface area contributed by atoms with E-state index in [2.05, 4.69) is 11.0 Å². The Labute approximate surface area is 216 Å². The van der Waals surface area contributed by atoms with Crippen LogP contribution in [0.15, 0.2) is 66.7 Å². The third-order valence-electron chi connectivity index (χ3n) is 7.22. The minimum atomic E-state index is 0.0635. The maximum absolute atomic E-state index is 13.9. The molecule has 7 heteroatoms. The van der Waals surface area contributed by atoms with Crippen molar-refractivity contribution >= 4 is 16.8 Å². The fourth-order valence-electron chi connectivity index (χ4n) is 5.18. The van der Waals surface area contributed by atoms with Gasteiger partial charge in [-0.2, -0.15) is 0 Å². The summed E-state index contributed by atoms with van der Waals surface area (Å²) in [5, 5.41) is 0.894. The van der Waals surface area contributed by atoms with Crippen LogP contribution in [0.4, 0.5) is 0 Å². The lowest BCUT2D eigenvalue weighted by Gasteiger charge is -2.35. The number of carbonyl (C=O) groups is 1. The van der Waals surface area contributed by atoms with Gasteiger partial charge in [0.1, 0.15) is 5.75 Å². The minimum absolute atomic E-state index is 0.0635. The van der Waals surface area contributed by atoms with Gasteiger partial charge in [-0.1, -0.05) is 24.3 Å². The molecule has 0 spiro atoms. The van der Waals surface area contributed by atoms with Crippen LogP contribution in [0.2, 0.25) is 0 Å². The van der Waals surface area contributed by atoms with E-state index in [0.29, 0.717) is 13.1 Å². The first-order valence-electron chi connectivity index (χ1n) is 12.5. The topological polar surface area (TPSA) is 64.1 Å². The summed E-state index contributed by atoms with van der Waals surface area (Å²) in [5.41, 5.74) is 5.43. The smallest absolute Gasteiger partial charge is 0.254 e. The lowest BCUT2D eigenvalue weighted by molar-refractivity contribution is 0.0629.